The molecule has 0 aliphatic heterocycles. The van der Waals surface area contributed by atoms with E-state index >= 15 is 0 Å². The van der Waals surface area contributed by atoms with Crippen LogP contribution in [-0.4, -0.2) is 16.8 Å². The van der Waals surface area contributed by atoms with E-state index in [1.807, 2.05) is 0 Å². The van der Waals surface area contributed by atoms with Crippen LogP contribution in [0, 0.1) is 11.6 Å². The molecule has 0 heterocycles. The number of amides is 1. The molecular weight excluding hydrogens is 308 g/mol. The number of nitrogens with one attached hydrogen (secondary N) is 1. The van der Waals surface area contributed by atoms with Crippen LogP contribution in [0.2, 0.25) is 0 Å². The zero-order chi connectivity index (χ0) is 16.1. The third kappa shape index (κ3) is 4.54. The highest BCUT2D eigenvalue weighted by molar-refractivity contribution is 7.99. The number of benzene rings is 2. The zero-order valence-corrected chi connectivity index (χ0v) is 12.7. The molecule has 1 amide bonds. The highest BCUT2D eigenvalue weighted by atomic mass is 32.2. The number of anilines is 1. The summed E-state index contributed by atoms with van der Waals surface area (Å²) in [7, 11) is 0. The SMILES string of the molecule is CC(=O)Nc1ccc(SCC(O)c2ccc(F)cc2F)cc1. The van der Waals surface area contributed by atoms with Crippen molar-refractivity contribution in [1.29, 1.82) is 0 Å². The Labute approximate surface area is 131 Å². The molecule has 1 atom stereocenters. The van der Waals surface area contributed by atoms with Gasteiger partial charge < -0.3 is 10.4 Å². The Kier molecular flexibility index (Phi) is 5.51. The standard InChI is InChI=1S/C16H15F2NO2S/c1-10(20)19-12-3-5-13(6-4-12)22-9-16(21)14-7-2-11(17)8-15(14)18/h2-8,16,21H,9H2,1H3,(H,19,20). The lowest BCUT2D eigenvalue weighted by molar-refractivity contribution is -0.114. The van der Waals surface area contributed by atoms with Gasteiger partial charge in [-0.3, -0.25) is 4.79 Å². The lowest BCUT2D eigenvalue weighted by Gasteiger charge is -2.12. The van der Waals surface area contributed by atoms with E-state index in [9.17, 15) is 18.7 Å². The molecule has 0 aliphatic rings. The molecule has 2 rings (SSSR count). The first kappa shape index (κ1) is 16.5. The summed E-state index contributed by atoms with van der Waals surface area (Å²) in [4.78, 5) is 11.8. The topological polar surface area (TPSA) is 49.3 Å². The Hall–Kier alpha value is -1.92. The molecule has 2 N–H and O–H groups in total. The van der Waals surface area contributed by atoms with E-state index in [0.717, 1.165) is 17.0 Å². The van der Waals surface area contributed by atoms with Crippen LogP contribution in [0.1, 0.15) is 18.6 Å². The Balaban J connectivity index is 1.95. The molecule has 22 heavy (non-hydrogen) atoms. The van der Waals surface area contributed by atoms with E-state index in [4.69, 9.17) is 0 Å². The highest BCUT2D eigenvalue weighted by Gasteiger charge is 2.14. The molecule has 0 saturated heterocycles. The first-order valence-electron chi connectivity index (χ1n) is 6.59. The van der Waals surface area contributed by atoms with Gasteiger partial charge in [0.25, 0.3) is 0 Å². The van der Waals surface area contributed by atoms with Gasteiger partial charge in [-0.25, -0.2) is 8.78 Å². The summed E-state index contributed by atoms with van der Waals surface area (Å²) in [5, 5.41) is 12.6. The third-order valence-corrected chi connectivity index (χ3v) is 3.99. The maximum absolute atomic E-state index is 13.6. The smallest absolute Gasteiger partial charge is 0.221 e. The average molecular weight is 323 g/mol. The van der Waals surface area contributed by atoms with Crippen molar-refractivity contribution in [3.63, 3.8) is 0 Å². The number of aliphatic hydroxyl groups is 1. The molecule has 2 aromatic rings. The van der Waals surface area contributed by atoms with Crippen LogP contribution < -0.4 is 5.32 Å². The molecule has 0 aliphatic carbocycles. The molecule has 0 bridgehead atoms. The summed E-state index contributed by atoms with van der Waals surface area (Å²) in [5.41, 5.74) is 0.755. The Morgan fingerprint density at radius 2 is 1.91 bits per heavy atom. The van der Waals surface area contributed by atoms with Crippen molar-refractivity contribution < 1.29 is 18.7 Å². The Morgan fingerprint density at radius 3 is 2.50 bits per heavy atom. The van der Waals surface area contributed by atoms with E-state index in [2.05, 4.69) is 5.32 Å². The molecule has 0 aromatic heterocycles. The van der Waals surface area contributed by atoms with Crippen LogP contribution in [-0.2, 0) is 4.79 Å². The van der Waals surface area contributed by atoms with Crippen LogP contribution in [0.4, 0.5) is 14.5 Å². The van der Waals surface area contributed by atoms with Gasteiger partial charge in [-0.2, -0.15) is 0 Å². The van der Waals surface area contributed by atoms with Crippen molar-refractivity contribution in [2.75, 3.05) is 11.1 Å². The van der Waals surface area contributed by atoms with Gasteiger partial charge in [-0.1, -0.05) is 6.07 Å². The number of hydrogen-bond acceptors (Lipinski definition) is 3. The average Bonchev–Trinajstić information content (AvgIpc) is 2.45. The van der Waals surface area contributed by atoms with Crippen molar-refractivity contribution in [1.82, 2.24) is 0 Å². The summed E-state index contributed by atoms with van der Waals surface area (Å²) < 4.78 is 26.4. The van der Waals surface area contributed by atoms with Gasteiger partial charge in [0, 0.05) is 34.9 Å². The number of carbonyl (C=O) groups is 1. The molecule has 6 heteroatoms. The summed E-state index contributed by atoms with van der Waals surface area (Å²) in [5.74, 6) is -1.34. The summed E-state index contributed by atoms with van der Waals surface area (Å²) in [6.07, 6.45) is -1.03. The summed E-state index contributed by atoms with van der Waals surface area (Å²) in [6.45, 7) is 1.43. The molecule has 116 valence electrons. The fourth-order valence-corrected chi connectivity index (χ4v) is 2.73. The zero-order valence-electron chi connectivity index (χ0n) is 11.8. The molecule has 1 unspecified atom stereocenters. The van der Waals surface area contributed by atoms with Gasteiger partial charge in [0.1, 0.15) is 11.6 Å². The Morgan fingerprint density at radius 1 is 1.23 bits per heavy atom. The van der Waals surface area contributed by atoms with Gasteiger partial charge in [-0.15, -0.1) is 11.8 Å². The van der Waals surface area contributed by atoms with Crippen molar-refractivity contribution in [2.24, 2.45) is 0 Å². The normalized spacial score (nSPS) is 12.0. The molecule has 0 radical (unpaired) electrons. The van der Waals surface area contributed by atoms with Crippen LogP contribution >= 0.6 is 11.8 Å². The van der Waals surface area contributed by atoms with E-state index in [-0.39, 0.29) is 17.2 Å². The van der Waals surface area contributed by atoms with E-state index in [1.54, 1.807) is 24.3 Å². The third-order valence-electron chi connectivity index (χ3n) is 2.90. The van der Waals surface area contributed by atoms with Crippen LogP contribution in [0.5, 0.6) is 0 Å². The summed E-state index contributed by atoms with van der Waals surface area (Å²) in [6, 6.07) is 10.2. The van der Waals surface area contributed by atoms with E-state index in [0.29, 0.717) is 5.69 Å². The van der Waals surface area contributed by atoms with Crippen molar-refractivity contribution in [3.8, 4) is 0 Å². The predicted octanol–water partition coefficient (Wildman–Crippen LogP) is 3.75. The highest BCUT2D eigenvalue weighted by Crippen LogP contribution is 2.27. The monoisotopic (exact) mass is 323 g/mol. The first-order valence-corrected chi connectivity index (χ1v) is 7.58. The number of thioether (sulfide) groups is 1. The van der Waals surface area contributed by atoms with E-state index < -0.39 is 17.7 Å². The van der Waals surface area contributed by atoms with Gasteiger partial charge in [0.15, 0.2) is 0 Å². The van der Waals surface area contributed by atoms with Crippen molar-refractivity contribution in [3.05, 3.63) is 59.7 Å². The number of aliphatic hydroxyl groups excluding tert-OH is 1. The van der Waals surface area contributed by atoms with Crippen LogP contribution in [0.25, 0.3) is 0 Å². The minimum Gasteiger partial charge on any atom is -0.387 e. The second kappa shape index (κ2) is 7.38. The summed E-state index contributed by atoms with van der Waals surface area (Å²) >= 11 is 1.34. The van der Waals surface area contributed by atoms with Gasteiger partial charge >= 0.3 is 0 Å². The second-order valence-electron chi connectivity index (χ2n) is 4.70. The van der Waals surface area contributed by atoms with Gasteiger partial charge in [-0.05, 0) is 30.3 Å². The quantitative estimate of drug-likeness (QED) is 0.824. The fourth-order valence-electron chi connectivity index (χ4n) is 1.87. The van der Waals surface area contributed by atoms with Crippen LogP contribution in [0.15, 0.2) is 47.4 Å². The van der Waals surface area contributed by atoms with Crippen molar-refractivity contribution >= 4 is 23.4 Å². The minimum atomic E-state index is -1.03. The lowest BCUT2D eigenvalue weighted by atomic mass is 10.1. The molecule has 2 aromatic carbocycles. The Bertz CT molecular complexity index is 662. The second-order valence-corrected chi connectivity index (χ2v) is 5.79. The first-order chi connectivity index (χ1) is 10.5. The van der Waals surface area contributed by atoms with Crippen LogP contribution in [0.3, 0.4) is 0 Å². The largest absolute Gasteiger partial charge is 0.387 e. The van der Waals surface area contributed by atoms with Crippen molar-refractivity contribution in [2.45, 2.75) is 17.9 Å². The maximum Gasteiger partial charge on any atom is 0.221 e. The molecule has 0 fully saturated rings. The number of halogens is 2. The maximum atomic E-state index is 13.6. The molecule has 3 nitrogen and oxygen atoms in total. The minimum absolute atomic E-state index is 0.0729. The van der Waals surface area contributed by atoms with Gasteiger partial charge in [0.2, 0.25) is 5.91 Å². The van der Waals surface area contributed by atoms with E-state index in [1.165, 1.54) is 24.8 Å². The number of carbonyl (C=O) groups excluding carboxylic acids is 1. The molecule has 0 saturated carbocycles. The molecule has 0 spiro atoms. The fraction of sp³-hybridized carbons (Fsp3) is 0.188. The number of rotatable bonds is 5. The number of hydrogen-bond donors (Lipinski definition) is 2. The molecular formula is C16H15F2NO2S. The lowest BCUT2D eigenvalue weighted by Crippen LogP contribution is -2.05. The predicted molar refractivity (Wildman–Crippen MR) is 82.8 cm³/mol. The van der Waals surface area contributed by atoms with Gasteiger partial charge in [0.05, 0.1) is 6.10 Å².